The average Bonchev–Trinajstić information content (AvgIpc) is 3.16. The highest BCUT2D eigenvalue weighted by molar-refractivity contribution is 5.84. The maximum atomic E-state index is 11.8. The standard InChI is InChI=1S/C14H17N3O/c1-10(14(18)17-13-6-7-13)16-12-4-2-11(3-5-12)8-9-15/h2-5,10,13,16H,6-8H2,1H3,(H,17,18). The summed E-state index contributed by atoms with van der Waals surface area (Å²) in [5.41, 5.74) is 1.88. The van der Waals surface area contributed by atoms with Gasteiger partial charge in [-0.25, -0.2) is 0 Å². The number of benzene rings is 1. The average molecular weight is 243 g/mol. The number of carbonyl (C=O) groups excluding carboxylic acids is 1. The van der Waals surface area contributed by atoms with Crippen LogP contribution in [0.4, 0.5) is 5.69 Å². The molecule has 1 amide bonds. The van der Waals surface area contributed by atoms with E-state index in [9.17, 15) is 4.79 Å². The second kappa shape index (κ2) is 5.54. The molecule has 1 fully saturated rings. The van der Waals surface area contributed by atoms with Gasteiger partial charge in [0.15, 0.2) is 0 Å². The largest absolute Gasteiger partial charge is 0.374 e. The van der Waals surface area contributed by atoms with Gasteiger partial charge < -0.3 is 10.6 Å². The molecule has 0 saturated heterocycles. The number of nitrogens with one attached hydrogen (secondary N) is 2. The molecule has 0 aromatic heterocycles. The molecular formula is C14H17N3O. The number of hydrogen-bond acceptors (Lipinski definition) is 3. The molecule has 2 N–H and O–H groups in total. The van der Waals surface area contributed by atoms with Crippen LogP contribution in [0, 0.1) is 11.3 Å². The lowest BCUT2D eigenvalue weighted by Crippen LogP contribution is -2.38. The minimum atomic E-state index is -0.243. The Kier molecular flexibility index (Phi) is 3.83. The fourth-order valence-electron chi connectivity index (χ4n) is 1.68. The Hall–Kier alpha value is -2.02. The molecule has 4 nitrogen and oxygen atoms in total. The molecule has 0 spiro atoms. The number of anilines is 1. The second-order valence-electron chi connectivity index (χ2n) is 4.68. The van der Waals surface area contributed by atoms with Gasteiger partial charge >= 0.3 is 0 Å². The predicted molar refractivity (Wildman–Crippen MR) is 70.0 cm³/mol. The second-order valence-corrected chi connectivity index (χ2v) is 4.68. The molecule has 1 aromatic carbocycles. The van der Waals surface area contributed by atoms with Crippen LogP contribution in [0.1, 0.15) is 25.3 Å². The van der Waals surface area contributed by atoms with Crippen molar-refractivity contribution >= 4 is 11.6 Å². The molecule has 1 aromatic rings. The molecular weight excluding hydrogens is 226 g/mol. The minimum Gasteiger partial charge on any atom is -0.374 e. The van der Waals surface area contributed by atoms with Gasteiger partial charge in [0.05, 0.1) is 12.5 Å². The number of nitriles is 1. The molecule has 1 aliphatic carbocycles. The van der Waals surface area contributed by atoms with E-state index in [-0.39, 0.29) is 11.9 Å². The summed E-state index contributed by atoms with van der Waals surface area (Å²) in [6.07, 6.45) is 2.61. The van der Waals surface area contributed by atoms with Crippen molar-refractivity contribution < 1.29 is 4.79 Å². The first-order valence-corrected chi connectivity index (χ1v) is 6.22. The van der Waals surface area contributed by atoms with Crippen molar-refractivity contribution in [3.63, 3.8) is 0 Å². The normalized spacial score (nSPS) is 15.6. The number of carbonyl (C=O) groups is 1. The van der Waals surface area contributed by atoms with Crippen molar-refractivity contribution in [3.8, 4) is 6.07 Å². The smallest absolute Gasteiger partial charge is 0.242 e. The molecule has 1 unspecified atom stereocenters. The van der Waals surface area contributed by atoms with Crippen LogP contribution in [0.2, 0.25) is 0 Å². The maximum absolute atomic E-state index is 11.8. The first kappa shape index (κ1) is 12.4. The topological polar surface area (TPSA) is 64.9 Å². The van der Waals surface area contributed by atoms with E-state index < -0.39 is 0 Å². The number of amides is 1. The molecule has 1 aliphatic rings. The lowest BCUT2D eigenvalue weighted by Gasteiger charge is -2.15. The number of hydrogen-bond donors (Lipinski definition) is 2. The SMILES string of the molecule is CC(Nc1ccc(CC#N)cc1)C(=O)NC1CC1. The zero-order valence-electron chi connectivity index (χ0n) is 10.4. The van der Waals surface area contributed by atoms with Crippen molar-refractivity contribution in [1.82, 2.24) is 5.32 Å². The molecule has 18 heavy (non-hydrogen) atoms. The van der Waals surface area contributed by atoms with Gasteiger partial charge in [-0.3, -0.25) is 4.79 Å². The van der Waals surface area contributed by atoms with Crippen LogP contribution in [0.15, 0.2) is 24.3 Å². The van der Waals surface area contributed by atoms with Gasteiger partial charge in [-0.1, -0.05) is 12.1 Å². The Labute approximate surface area is 107 Å². The van der Waals surface area contributed by atoms with Gasteiger partial charge in [0.2, 0.25) is 5.91 Å². The van der Waals surface area contributed by atoms with Gasteiger partial charge in [-0.2, -0.15) is 5.26 Å². The predicted octanol–water partition coefficient (Wildman–Crippen LogP) is 1.83. The third kappa shape index (κ3) is 3.49. The molecule has 0 heterocycles. The Balaban J connectivity index is 1.87. The molecule has 0 aliphatic heterocycles. The van der Waals surface area contributed by atoms with Crippen LogP contribution >= 0.6 is 0 Å². The van der Waals surface area contributed by atoms with E-state index in [1.54, 1.807) is 0 Å². The summed E-state index contributed by atoms with van der Waals surface area (Å²) in [5.74, 6) is 0.0404. The molecule has 1 atom stereocenters. The third-order valence-electron chi connectivity index (χ3n) is 2.94. The quantitative estimate of drug-likeness (QED) is 0.829. The van der Waals surface area contributed by atoms with Crippen LogP contribution in [0.25, 0.3) is 0 Å². The lowest BCUT2D eigenvalue weighted by atomic mass is 10.1. The Bertz CT molecular complexity index is 457. The van der Waals surface area contributed by atoms with E-state index in [1.165, 1.54) is 0 Å². The minimum absolute atomic E-state index is 0.0404. The molecule has 2 rings (SSSR count). The van der Waals surface area contributed by atoms with Crippen molar-refractivity contribution in [1.29, 1.82) is 5.26 Å². The van der Waals surface area contributed by atoms with Gasteiger partial charge in [0.25, 0.3) is 0 Å². The Morgan fingerprint density at radius 3 is 2.67 bits per heavy atom. The summed E-state index contributed by atoms with van der Waals surface area (Å²) >= 11 is 0. The highest BCUT2D eigenvalue weighted by Gasteiger charge is 2.25. The van der Waals surface area contributed by atoms with E-state index in [4.69, 9.17) is 5.26 Å². The third-order valence-corrected chi connectivity index (χ3v) is 2.94. The van der Waals surface area contributed by atoms with Gasteiger partial charge in [0, 0.05) is 11.7 Å². The molecule has 1 saturated carbocycles. The highest BCUT2D eigenvalue weighted by Crippen LogP contribution is 2.19. The summed E-state index contributed by atoms with van der Waals surface area (Å²) in [7, 11) is 0. The summed E-state index contributed by atoms with van der Waals surface area (Å²) in [6, 6.07) is 9.84. The summed E-state index contributed by atoms with van der Waals surface area (Å²) in [5, 5.41) is 14.7. The monoisotopic (exact) mass is 243 g/mol. The van der Waals surface area contributed by atoms with Crippen molar-refractivity contribution in [2.45, 2.75) is 38.3 Å². The van der Waals surface area contributed by atoms with Crippen molar-refractivity contribution in [2.24, 2.45) is 0 Å². The zero-order chi connectivity index (χ0) is 13.0. The van der Waals surface area contributed by atoms with Crippen molar-refractivity contribution in [3.05, 3.63) is 29.8 Å². The first-order valence-electron chi connectivity index (χ1n) is 6.22. The van der Waals surface area contributed by atoms with E-state index in [0.29, 0.717) is 12.5 Å². The van der Waals surface area contributed by atoms with E-state index in [1.807, 2.05) is 31.2 Å². The van der Waals surface area contributed by atoms with Crippen molar-refractivity contribution in [2.75, 3.05) is 5.32 Å². The summed E-state index contributed by atoms with van der Waals surface area (Å²) in [6.45, 7) is 1.85. The van der Waals surface area contributed by atoms with E-state index >= 15 is 0 Å². The van der Waals surface area contributed by atoms with E-state index in [2.05, 4.69) is 16.7 Å². The van der Waals surface area contributed by atoms with Crippen LogP contribution in [0.3, 0.4) is 0 Å². The molecule has 4 heteroatoms. The van der Waals surface area contributed by atoms with Crippen LogP contribution in [-0.2, 0) is 11.2 Å². The number of rotatable bonds is 5. The van der Waals surface area contributed by atoms with Crippen LogP contribution in [0.5, 0.6) is 0 Å². The Morgan fingerprint density at radius 2 is 2.11 bits per heavy atom. The lowest BCUT2D eigenvalue weighted by molar-refractivity contribution is -0.121. The summed E-state index contributed by atoms with van der Waals surface area (Å²) < 4.78 is 0. The first-order chi connectivity index (χ1) is 8.69. The van der Waals surface area contributed by atoms with Crippen LogP contribution in [-0.4, -0.2) is 18.0 Å². The van der Waals surface area contributed by atoms with Gasteiger partial charge in [-0.05, 0) is 37.5 Å². The fourth-order valence-corrected chi connectivity index (χ4v) is 1.68. The maximum Gasteiger partial charge on any atom is 0.242 e. The highest BCUT2D eigenvalue weighted by atomic mass is 16.2. The van der Waals surface area contributed by atoms with Gasteiger partial charge in [0.1, 0.15) is 6.04 Å². The zero-order valence-corrected chi connectivity index (χ0v) is 10.4. The van der Waals surface area contributed by atoms with E-state index in [0.717, 1.165) is 24.1 Å². The molecule has 0 radical (unpaired) electrons. The summed E-state index contributed by atoms with van der Waals surface area (Å²) in [4.78, 5) is 11.8. The fraction of sp³-hybridized carbons (Fsp3) is 0.429. The molecule has 94 valence electrons. The van der Waals surface area contributed by atoms with Crippen LogP contribution < -0.4 is 10.6 Å². The molecule has 0 bridgehead atoms. The number of nitrogens with zero attached hydrogens (tertiary/aromatic N) is 1. The Morgan fingerprint density at radius 1 is 1.44 bits per heavy atom. The van der Waals surface area contributed by atoms with Gasteiger partial charge in [-0.15, -0.1) is 0 Å².